The molecule has 0 radical (unpaired) electrons. The number of nitrogens with zero attached hydrogens (tertiary/aromatic N) is 2. The SMILES string of the molecule is CCNCCCc1nnc(-c2ccc3ccccc3c2)s1. The molecule has 0 saturated carbocycles. The zero-order valence-corrected chi connectivity index (χ0v) is 13.0. The Bertz CT molecular complexity index is 721. The predicted octanol–water partition coefficient (Wildman–Crippen LogP) is 3.90. The van der Waals surface area contributed by atoms with E-state index in [4.69, 9.17) is 0 Å². The second kappa shape index (κ2) is 6.78. The predicted molar refractivity (Wildman–Crippen MR) is 89.7 cm³/mol. The van der Waals surface area contributed by atoms with Crippen LogP contribution in [-0.2, 0) is 6.42 Å². The van der Waals surface area contributed by atoms with Gasteiger partial charge in [0.2, 0.25) is 0 Å². The molecule has 0 fully saturated rings. The third-order valence-electron chi connectivity index (χ3n) is 3.46. The summed E-state index contributed by atoms with van der Waals surface area (Å²) in [5.74, 6) is 0. The van der Waals surface area contributed by atoms with Crippen LogP contribution in [0.25, 0.3) is 21.3 Å². The highest BCUT2D eigenvalue weighted by molar-refractivity contribution is 7.14. The van der Waals surface area contributed by atoms with Crippen LogP contribution in [0.3, 0.4) is 0 Å². The molecular weight excluding hydrogens is 278 g/mol. The Hall–Kier alpha value is -1.78. The molecule has 3 aromatic rings. The maximum Gasteiger partial charge on any atom is 0.147 e. The van der Waals surface area contributed by atoms with Crippen molar-refractivity contribution in [1.82, 2.24) is 15.5 Å². The quantitative estimate of drug-likeness (QED) is 0.701. The molecule has 4 heteroatoms. The van der Waals surface area contributed by atoms with Crippen LogP contribution in [0.2, 0.25) is 0 Å². The van der Waals surface area contributed by atoms with Crippen LogP contribution in [-0.4, -0.2) is 23.3 Å². The number of benzene rings is 2. The molecule has 0 bridgehead atoms. The van der Waals surface area contributed by atoms with Crippen molar-refractivity contribution in [1.29, 1.82) is 0 Å². The van der Waals surface area contributed by atoms with Gasteiger partial charge in [0.05, 0.1) is 0 Å². The lowest BCUT2D eigenvalue weighted by Gasteiger charge is -2.00. The van der Waals surface area contributed by atoms with Crippen LogP contribution in [0, 0.1) is 0 Å². The van der Waals surface area contributed by atoms with Gasteiger partial charge < -0.3 is 5.32 Å². The summed E-state index contributed by atoms with van der Waals surface area (Å²) >= 11 is 1.70. The average molecular weight is 297 g/mol. The Morgan fingerprint density at radius 2 is 1.90 bits per heavy atom. The van der Waals surface area contributed by atoms with E-state index in [2.05, 4.69) is 64.9 Å². The van der Waals surface area contributed by atoms with Gasteiger partial charge in [0.25, 0.3) is 0 Å². The second-order valence-corrected chi connectivity index (χ2v) is 6.08. The summed E-state index contributed by atoms with van der Waals surface area (Å²) in [6.45, 7) is 4.20. The molecule has 108 valence electrons. The highest BCUT2D eigenvalue weighted by atomic mass is 32.1. The lowest BCUT2D eigenvalue weighted by Crippen LogP contribution is -2.14. The first-order chi connectivity index (χ1) is 10.4. The van der Waals surface area contributed by atoms with Crippen molar-refractivity contribution in [3.63, 3.8) is 0 Å². The van der Waals surface area contributed by atoms with Gasteiger partial charge >= 0.3 is 0 Å². The molecule has 0 amide bonds. The number of nitrogens with one attached hydrogen (secondary N) is 1. The third kappa shape index (κ3) is 3.46. The first-order valence-electron chi connectivity index (χ1n) is 7.39. The molecule has 0 aliphatic rings. The lowest BCUT2D eigenvalue weighted by molar-refractivity contribution is 0.669. The number of hydrogen-bond acceptors (Lipinski definition) is 4. The number of fused-ring (bicyclic) bond motifs is 1. The Labute approximate surface area is 129 Å². The van der Waals surface area contributed by atoms with Crippen LogP contribution in [0.15, 0.2) is 42.5 Å². The van der Waals surface area contributed by atoms with Crippen LogP contribution in [0.4, 0.5) is 0 Å². The van der Waals surface area contributed by atoms with Crippen molar-refractivity contribution in [2.24, 2.45) is 0 Å². The Morgan fingerprint density at radius 3 is 2.76 bits per heavy atom. The van der Waals surface area contributed by atoms with Gasteiger partial charge in [0.15, 0.2) is 0 Å². The van der Waals surface area contributed by atoms with Crippen LogP contribution < -0.4 is 5.32 Å². The van der Waals surface area contributed by atoms with E-state index in [1.165, 1.54) is 10.8 Å². The van der Waals surface area contributed by atoms with Crippen molar-refractivity contribution in [2.75, 3.05) is 13.1 Å². The van der Waals surface area contributed by atoms with Gasteiger partial charge in [-0.15, -0.1) is 10.2 Å². The van der Waals surface area contributed by atoms with E-state index in [-0.39, 0.29) is 0 Å². The van der Waals surface area contributed by atoms with Gasteiger partial charge in [0, 0.05) is 12.0 Å². The Balaban J connectivity index is 1.75. The fraction of sp³-hybridized carbons (Fsp3) is 0.294. The summed E-state index contributed by atoms with van der Waals surface area (Å²) < 4.78 is 0. The maximum absolute atomic E-state index is 4.34. The number of aromatic nitrogens is 2. The molecule has 0 atom stereocenters. The van der Waals surface area contributed by atoms with Crippen molar-refractivity contribution in [3.8, 4) is 10.6 Å². The molecule has 0 saturated heterocycles. The van der Waals surface area contributed by atoms with Gasteiger partial charge in [-0.05, 0) is 36.3 Å². The van der Waals surface area contributed by atoms with Gasteiger partial charge in [0.1, 0.15) is 10.0 Å². The first-order valence-corrected chi connectivity index (χ1v) is 8.21. The molecule has 0 aliphatic carbocycles. The lowest BCUT2D eigenvalue weighted by atomic mass is 10.1. The summed E-state index contributed by atoms with van der Waals surface area (Å²) in [6, 6.07) is 14.9. The van der Waals surface area contributed by atoms with Gasteiger partial charge in [-0.1, -0.05) is 54.7 Å². The van der Waals surface area contributed by atoms with Crippen LogP contribution >= 0.6 is 11.3 Å². The molecule has 2 aromatic carbocycles. The largest absolute Gasteiger partial charge is 0.317 e. The first kappa shape index (κ1) is 14.2. The summed E-state index contributed by atoms with van der Waals surface area (Å²) in [4.78, 5) is 0. The second-order valence-electron chi connectivity index (χ2n) is 5.02. The highest BCUT2D eigenvalue weighted by Gasteiger charge is 2.07. The molecule has 21 heavy (non-hydrogen) atoms. The zero-order chi connectivity index (χ0) is 14.5. The number of aryl methyl sites for hydroxylation is 1. The zero-order valence-electron chi connectivity index (χ0n) is 12.2. The van der Waals surface area contributed by atoms with Crippen molar-refractivity contribution >= 4 is 22.1 Å². The number of hydrogen-bond donors (Lipinski definition) is 1. The van der Waals surface area contributed by atoms with Gasteiger partial charge in [-0.3, -0.25) is 0 Å². The minimum Gasteiger partial charge on any atom is -0.317 e. The molecular formula is C17H19N3S. The molecule has 1 heterocycles. The molecule has 0 spiro atoms. The van der Waals surface area contributed by atoms with Crippen LogP contribution in [0.5, 0.6) is 0 Å². The molecule has 0 aliphatic heterocycles. The summed E-state index contributed by atoms with van der Waals surface area (Å²) in [6.07, 6.45) is 2.11. The van der Waals surface area contributed by atoms with E-state index in [1.807, 2.05) is 0 Å². The monoisotopic (exact) mass is 297 g/mol. The smallest absolute Gasteiger partial charge is 0.147 e. The van der Waals surface area contributed by atoms with E-state index < -0.39 is 0 Å². The normalized spacial score (nSPS) is 11.1. The minimum atomic E-state index is 0.998. The van der Waals surface area contributed by atoms with E-state index in [1.54, 1.807) is 11.3 Å². The van der Waals surface area contributed by atoms with E-state index >= 15 is 0 Å². The summed E-state index contributed by atoms with van der Waals surface area (Å²) in [7, 11) is 0. The molecule has 3 nitrogen and oxygen atoms in total. The van der Waals surface area contributed by atoms with Gasteiger partial charge in [-0.25, -0.2) is 0 Å². The van der Waals surface area contributed by atoms with Crippen molar-refractivity contribution in [3.05, 3.63) is 47.5 Å². The molecule has 0 unspecified atom stereocenters. The summed E-state index contributed by atoms with van der Waals surface area (Å²) in [5, 5.41) is 16.6. The molecule has 1 aromatic heterocycles. The van der Waals surface area contributed by atoms with E-state index in [9.17, 15) is 0 Å². The average Bonchev–Trinajstić information content (AvgIpc) is 3.00. The standard InChI is InChI=1S/C17H19N3S/c1-2-18-11-5-8-16-19-20-17(21-16)15-10-9-13-6-3-4-7-14(13)12-15/h3-4,6-7,9-10,12,18H,2,5,8,11H2,1H3. The third-order valence-corrected chi connectivity index (χ3v) is 4.49. The molecule has 3 rings (SSSR count). The summed E-state index contributed by atoms with van der Waals surface area (Å²) in [5.41, 5.74) is 1.16. The van der Waals surface area contributed by atoms with Crippen molar-refractivity contribution < 1.29 is 0 Å². The topological polar surface area (TPSA) is 37.8 Å². The van der Waals surface area contributed by atoms with E-state index in [0.29, 0.717) is 0 Å². The van der Waals surface area contributed by atoms with Gasteiger partial charge in [-0.2, -0.15) is 0 Å². The molecule has 1 N–H and O–H groups in total. The fourth-order valence-electron chi connectivity index (χ4n) is 2.34. The highest BCUT2D eigenvalue weighted by Crippen LogP contribution is 2.27. The number of rotatable bonds is 6. The minimum absolute atomic E-state index is 0.998. The van der Waals surface area contributed by atoms with E-state index in [0.717, 1.165) is 41.5 Å². The maximum atomic E-state index is 4.34. The Morgan fingerprint density at radius 1 is 1.05 bits per heavy atom. The van der Waals surface area contributed by atoms with Crippen LogP contribution in [0.1, 0.15) is 18.4 Å². The Kier molecular flexibility index (Phi) is 4.58. The van der Waals surface area contributed by atoms with Crippen molar-refractivity contribution in [2.45, 2.75) is 19.8 Å². The fourth-order valence-corrected chi connectivity index (χ4v) is 3.21.